The molecule has 1 saturated carbocycles. The molecule has 1 nitrogen and oxygen atoms in total. The highest BCUT2D eigenvalue weighted by Crippen LogP contribution is 2.32. The van der Waals surface area contributed by atoms with Crippen LogP contribution in [0.15, 0.2) is 17.5 Å². The molecule has 1 aliphatic rings. The second-order valence-corrected chi connectivity index (χ2v) is 7.99. The first kappa shape index (κ1) is 15.1. The van der Waals surface area contributed by atoms with Crippen LogP contribution in [0.25, 0.3) is 0 Å². The molecule has 2 unspecified atom stereocenters. The van der Waals surface area contributed by atoms with Crippen molar-refractivity contribution in [2.75, 3.05) is 6.54 Å². The van der Waals surface area contributed by atoms with Crippen LogP contribution in [0.3, 0.4) is 0 Å². The van der Waals surface area contributed by atoms with E-state index in [4.69, 9.17) is 0 Å². The SMILES string of the molecule is CC(C)C1CCCCC1NCC(C)(C)c1cccs1. The number of rotatable bonds is 5. The summed E-state index contributed by atoms with van der Waals surface area (Å²) in [6.07, 6.45) is 5.60. The van der Waals surface area contributed by atoms with E-state index in [9.17, 15) is 0 Å². The molecule has 2 atom stereocenters. The van der Waals surface area contributed by atoms with Crippen molar-refractivity contribution in [3.63, 3.8) is 0 Å². The van der Waals surface area contributed by atoms with Crippen molar-refractivity contribution >= 4 is 11.3 Å². The van der Waals surface area contributed by atoms with Gasteiger partial charge in [0, 0.05) is 22.9 Å². The van der Waals surface area contributed by atoms with E-state index in [1.165, 1.54) is 30.6 Å². The van der Waals surface area contributed by atoms with Crippen molar-refractivity contribution in [1.29, 1.82) is 0 Å². The predicted octanol–water partition coefficient (Wildman–Crippen LogP) is 4.83. The number of nitrogens with one attached hydrogen (secondary N) is 1. The molecular weight excluding hydrogens is 250 g/mol. The molecule has 0 saturated heterocycles. The Bertz CT molecular complexity index is 367. The van der Waals surface area contributed by atoms with Crippen molar-refractivity contribution in [2.45, 2.75) is 64.8 Å². The molecular formula is C17H29NS. The molecule has 1 fully saturated rings. The molecule has 0 aliphatic heterocycles. The van der Waals surface area contributed by atoms with Gasteiger partial charge in [0.2, 0.25) is 0 Å². The van der Waals surface area contributed by atoms with Gasteiger partial charge in [0.15, 0.2) is 0 Å². The molecule has 1 aliphatic carbocycles. The van der Waals surface area contributed by atoms with Crippen LogP contribution in [0.5, 0.6) is 0 Å². The lowest BCUT2D eigenvalue weighted by Crippen LogP contribution is -2.45. The molecule has 2 rings (SSSR count). The molecule has 0 bridgehead atoms. The summed E-state index contributed by atoms with van der Waals surface area (Å²) in [6, 6.07) is 5.17. The first-order valence-electron chi connectivity index (χ1n) is 7.78. The van der Waals surface area contributed by atoms with E-state index in [2.05, 4.69) is 50.5 Å². The first-order valence-corrected chi connectivity index (χ1v) is 8.66. The second-order valence-electron chi connectivity index (χ2n) is 7.04. The van der Waals surface area contributed by atoms with Gasteiger partial charge in [-0.2, -0.15) is 0 Å². The van der Waals surface area contributed by atoms with Crippen LogP contribution in [0.1, 0.15) is 58.3 Å². The molecule has 108 valence electrons. The lowest BCUT2D eigenvalue weighted by molar-refractivity contribution is 0.198. The molecule has 1 aromatic heterocycles. The summed E-state index contributed by atoms with van der Waals surface area (Å²) >= 11 is 1.88. The van der Waals surface area contributed by atoms with E-state index in [0.29, 0.717) is 0 Å². The molecule has 1 N–H and O–H groups in total. The minimum absolute atomic E-state index is 0.257. The minimum atomic E-state index is 0.257. The van der Waals surface area contributed by atoms with Gasteiger partial charge >= 0.3 is 0 Å². The fourth-order valence-electron chi connectivity index (χ4n) is 3.35. The zero-order chi connectivity index (χ0) is 13.9. The third-order valence-electron chi connectivity index (χ3n) is 4.67. The monoisotopic (exact) mass is 279 g/mol. The van der Waals surface area contributed by atoms with E-state index in [0.717, 1.165) is 24.4 Å². The minimum Gasteiger partial charge on any atom is -0.313 e. The van der Waals surface area contributed by atoms with Crippen LogP contribution in [0, 0.1) is 11.8 Å². The fraction of sp³-hybridized carbons (Fsp3) is 0.765. The van der Waals surface area contributed by atoms with Gasteiger partial charge in [0.05, 0.1) is 0 Å². The van der Waals surface area contributed by atoms with Crippen molar-refractivity contribution in [3.05, 3.63) is 22.4 Å². The van der Waals surface area contributed by atoms with Crippen LogP contribution in [0.2, 0.25) is 0 Å². The Kier molecular flexibility index (Phi) is 5.08. The summed E-state index contributed by atoms with van der Waals surface area (Å²) in [6.45, 7) is 10.6. The van der Waals surface area contributed by atoms with Gasteiger partial charge in [0.1, 0.15) is 0 Å². The second kappa shape index (κ2) is 6.41. The Hall–Kier alpha value is -0.340. The maximum absolute atomic E-state index is 3.89. The number of thiophene rings is 1. The molecule has 1 aromatic rings. The van der Waals surface area contributed by atoms with Gasteiger partial charge in [0.25, 0.3) is 0 Å². The van der Waals surface area contributed by atoms with Crippen LogP contribution in [-0.4, -0.2) is 12.6 Å². The largest absolute Gasteiger partial charge is 0.313 e. The standard InChI is InChI=1S/C17H29NS/c1-13(2)14-8-5-6-9-15(14)18-12-17(3,4)16-10-7-11-19-16/h7,10-11,13-15,18H,5-6,8-9,12H2,1-4H3. The maximum Gasteiger partial charge on any atom is 0.0115 e. The average Bonchev–Trinajstić information content (AvgIpc) is 2.91. The Morgan fingerprint density at radius 2 is 2.05 bits per heavy atom. The highest BCUT2D eigenvalue weighted by molar-refractivity contribution is 7.10. The summed E-state index contributed by atoms with van der Waals surface area (Å²) in [7, 11) is 0. The average molecular weight is 279 g/mol. The van der Waals surface area contributed by atoms with Gasteiger partial charge < -0.3 is 5.32 Å². The van der Waals surface area contributed by atoms with Crippen LogP contribution >= 0.6 is 11.3 Å². The summed E-state index contributed by atoms with van der Waals surface area (Å²) in [5, 5.41) is 6.08. The summed E-state index contributed by atoms with van der Waals surface area (Å²) in [5.41, 5.74) is 0.257. The molecule has 2 heteroatoms. The van der Waals surface area contributed by atoms with Crippen molar-refractivity contribution in [1.82, 2.24) is 5.32 Å². The highest BCUT2D eigenvalue weighted by atomic mass is 32.1. The zero-order valence-corrected chi connectivity index (χ0v) is 13.7. The quantitative estimate of drug-likeness (QED) is 0.814. The Labute approximate surface area is 122 Å². The first-order chi connectivity index (χ1) is 9.00. The Balaban J connectivity index is 1.93. The van der Waals surface area contributed by atoms with Gasteiger partial charge in [-0.05, 0) is 36.1 Å². The van der Waals surface area contributed by atoms with Gasteiger partial charge in [-0.3, -0.25) is 0 Å². The topological polar surface area (TPSA) is 12.0 Å². The smallest absolute Gasteiger partial charge is 0.0115 e. The Morgan fingerprint density at radius 3 is 2.68 bits per heavy atom. The normalized spacial score (nSPS) is 24.9. The lowest BCUT2D eigenvalue weighted by Gasteiger charge is -2.37. The molecule has 0 spiro atoms. The van der Waals surface area contributed by atoms with Gasteiger partial charge in [-0.1, -0.05) is 46.6 Å². The van der Waals surface area contributed by atoms with Gasteiger partial charge in [-0.15, -0.1) is 11.3 Å². The highest BCUT2D eigenvalue weighted by Gasteiger charge is 2.29. The zero-order valence-electron chi connectivity index (χ0n) is 12.9. The Morgan fingerprint density at radius 1 is 1.32 bits per heavy atom. The molecule has 0 amide bonds. The van der Waals surface area contributed by atoms with E-state index in [1.54, 1.807) is 0 Å². The van der Waals surface area contributed by atoms with E-state index >= 15 is 0 Å². The van der Waals surface area contributed by atoms with Crippen molar-refractivity contribution in [2.24, 2.45) is 11.8 Å². The summed E-state index contributed by atoms with van der Waals surface area (Å²) < 4.78 is 0. The van der Waals surface area contributed by atoms with Crippen LogP contribution < -0.4 is 5.32 Å². The summed E-state index contributed by atoms with van der Waals surface area (Å²) in [5.74, 6) is 1.68. The van der Waals surface area contributed by atoms with Gasteiger partial charge in [-0.25, -0.2) is 0 Å². The molecule has 19 heavy (non-hydrogen) atoms. The van der Waals surface area contributed by atoms with Crippen molar-refractivity contribution in [3.8, 4) is 0 Å². The van der Waals surface area contributed by atoms with Crippen molar-refractivity contribution < 1.29 is 0 Å². The third-order valence-corrected chi connectivity index (χ3v) is 5.91. The summed E-state index contributed by atoms with van der Waals surface area (Å²) in [4.78, 5) is 1.50. The van der Waals surface area contributed by atoms with E-state index < -0.39 is 0 Å². The van der Waals surface area contributed by atoms with Crippen LogP contribution in [-0.2, 0) is 5.41 Å². The third kappa shape index (κ3) is 3.82. The molecule has 0 aromatic carbocycles. The van der Waals surface area contributed by atoms with E-state index in [-0.39, 0.29) is 5.41 Å². The van der Waals surface area contributed by atoms with Crippen LogP contribution in [0.4, 0.5) is 0 Å². The lowest BCUT2D eigenvalue weighted by atomic mass is 9.77. The fourth-order valence-corrected chi connectivity index (χ4v) is 4.20. The number of hydrogen-bond donors (Lipinski definition) is 1. The predicted molar refractivity (Wildman–Crippen MR) is 85.9 cm³/mol. The maximum atomic E-state index is 3.89. The molecule has 0 radical (unpaired) electrons. The molecule has 1 heterocycles. The van der Waals surface area contributed by atoms with E-state index in [1.807, 2.05) is 11.3 Å². The number of hydrogen-bond acceptors (Lipinski definition) is 2.